The van der Waals surface area contributed by atoms with Gasteiger partial charge in [0, 0.05) is 5.57 Å². The lowest BCUT2D eigenvalue weighted by Gasteiger charge is -2.15. The maximum Gasteiger partial charge on any atom is 0.333 e. The fourth-order valence-corrected chi connectivity index (χ4v) is 2.83. The highest BCUT2D eigenvalue weighted by Gasteiger charge is 2.16. The van der Waals surface area contributed by atoms with Gasteiger partial charge in [-0.05, 0) is 23.6 Å². The van der Waals surface area contributed by atoms with Crippen molar-refractivity contribution < 1.29 is 9.53 Å². The SMILES string of the molecule is C/C(=C/C=C(c1ccccc1)c1ccccc1)C(=O)OC[Si](C)(C)C. The summed E-state index contributed by atoms with van der Waals surface area (Å²) in [7, 11) is -1.40. The normalized spacial score (nSPS) is 11.8. The van der Waals surface area contributed by atoms with E-state index in [1.54, 1.807) is 6.92 Å². The van der Waals surface area contributed by atoms with Crippen LogP contribution in [0, 0.1) is 0 Å². The van der Waals surface area contributed by atoms with Crippen LogP contribution in [0.25, 0.3) is 5.57 Å². The number of carbonyl (C=O) groups excluding carboxylic acids is 1. The van der Waals surface area contributed by atoms with E-state index in [1.165, 1.54) is 0 Å². The van der Waals surface area contributed by atoms with Crippen molar-refractivity contribution in [3.8, 4) is 0 Å². The van der Waals surface area contributed by atoms with Gasteiger partial charge in [0.2, 0.25) is 0 Å². The summed E-state index contributed by atoms with van der Waals surface area (Å²) in [6.45, 7) is 8.35. The summed E-state index contributed by atoms with van der Waals surface area (Å²) in [4.78, 5) is 12.2. The lowest BCUT2D eigenvalue weighted by molar-refractivity contribution is -0.137. The third-order valence-electron chi connectivity index (χ3n) is 3.63. The number of carbonyl (C=O) groups is 1. The Morgan fingerprint density at radius 3 is 1.80 bits per heavy atom. The number of allylic oxidation sites excluding steroid dienone is 2. The van der Waals surface area contributed by atoms with E-state index < -0.39 is 8.07 Å². The Morgan fingerprint density at radius 2 is 1.36 bits per heavy atom. The Kier molecular flexibility index (Phi) is 6.54. The van der Waals surface area contributed by atoms with Crippen molar-refractivity contribution in [1.29, 1.82) is 0 Å². The Labute approximate surface area is 151 Å². The molecule has 0 spiro atoms. The minimum atomic E-state index is -1.40. The third kappa shape index (κ3) is 6.20. The molecular weight excluding hydrogens is 324 g/mol. The van der Waals surface area contributed by atoms with Crippen LogP contribution in [0.15, 0.2) is 78.4 Å². The number of rotatable bonds is 6. The molecule has 0 radical (unpaired) electrons. The van der Waals surface area contributed by atoms with E-state index in [9.17, 15) is 4.79 Å². The molecular formula is C22H26O2Si. The Bertz CT molecular complexity index is 712. The molecule has 0 heterocycles. The highest BCUT2D eigenvalue weighted by molar-refractivity contribution is 6.76. The zero-order chi connectivity index (χ0) is 18.3. The molecule has 0 aliphatic rings. The lowest BCUT2D eigenvalue weighted by Crippen LogP contribution is -2.30. The molecule has 0 saturated carbocycles. The minimum absolute atomic E-state index is 0.237. The first kappa shape index (κ1) is 18.9. The molecule has 130 valence electrons. The summed E-state index contributed by atoms with van der Waals surface area (Å²) >= 11 is 0. The molecule has 3 heteroatoms. The summed E-state index contributed by atoms with van der Waals surface area (Å²) in [6, 6.07) is 20.4. The highest BCUT2D eigenvalue weighted by atomic mass is 28.3. The predicted molar refractivity (Wildman–Crippen MR) is 108 cm³/mol. The molecule has 0 bridgehead atoms. The van der Waals surface area contributed by atoms with Crippen molar-refractivity contribution in [1.82, 2.24) is 0 Å². The van der Waals surface area contributed by atoms with Crippen LogP contribution < -0.4 is 0 Å². The first-order chi connectivity index (χ1) is 11.9. The molecule has 2 aromatic carbocycles. The van der Waals surface area contributed by atoms with Crippen molar-refractivity contribution in [3.05, 3.63) is 89.5 Å². The van der Waals surface area contributed by atoms with E-state index in [-0.39, 0.29) is 5.97 Å². The molecule has 0 aliphatic heterocycles. The second-order valence-corrected chi connectivity index (χ2v) is 12.7. The van der Waals surface area contributed by atoms with Gasteiger partial charge in [0.15, 0.2) is 0 Å². The zero-order valence-corrected chi connectivity index (χ0v) is 16.5. The van der Waals surface area contributed by atoms with Gasteiger partial charge in [-0.1, -0.05) is 92.5 Å². The molecule has 0 aliphatic carbocycles. The van der Waals surface area contributed by atoms with Crippen molar-refractivity contribution in [2.24, 2.45) is 0 Å². The van der Waals surface area contributed by atoms with Crippen molar-refractivity contribution >= 4 is 19.6 Å². The van der Waals surface area contributed by atoms with E-state index in [0.717, 1.165) is 16.7 Å². The topological polar surface area (TPSA) is 26.3 Å². The molecule has 0 amide bonds. The standard InChI is InChI=1S/C22H26O2Si/c1-18(22(23)24-17-25(2,3)4)15-16-21(19-11-7-5-8-12-19)20-13-9-6-10-14-20/h5-16H,17H2,1-4H3/b18-15-. The Balaban J connectivity index is 2.27. The van der Waals surface area contributed by atoms with Crippen LogP contribution in [-0.2, 0) is 9.53 Å². The summed E-state index contributed by atoms with van der Waals surface area (Å²) in [5, 5.41) is 0. The van der Waals surface area contributed by atoms with Crippen LogP contribution in [-0.4, -0.2) is 20.3 Å². The smallest absolute Gasteiger partial charge is 0.333 e. The average molecular weight is 351 g/mol. The number of esters is 1. The summed E-state index contributed by atoms with van der Waals surface area (Å²) in [6.07, 6.45) is 4.39. The predicted octanol–water partition coefficient (Wildman–Crippen LogP) is 5.49. The lowest BCUT2D eigenvalue weighted by atomic mass is 9.97. The number of ether oxygens (including phenoxy) is 1. The molecule has 0 atom stereocenters. The molecule has 2 aromatic rings. The van der Waals surface area contributed by atoms with Crippen LogP contribution in [0.3, 0.4) is 0 Å². The van der Waals surface area contributed by atoms with Crippen molar-refractivity contribution in [3.63, 3.8) is 0 Å². The van der Waals surface area contributed by atoms with Gasteiger partial charge in [-0.15, -0.1) is 0 Å². The van der Waals surface area contributed by atoms with Crippen LogP contribution in [0.1, 0.15) is 18.1 Å². The van der Waals surface area contributed by atoms with Gasteiger partial charge in [0.1, 0.15) is 0 Å². The van der Waals surface area contributed by atoms with Crippen molar-refractivity contribution in [2.75, 3.05) is 6.23 Å². The van der Waals surface area contributed by atoms with Gasteiger partial charge in [-0.3, -0.25) is 0 Å². The Morgan fingerprint density at radius 1 is 0.880 bits per heavy atom. The molecule has 0 N–H and O–H groups in total. The third-order valence-corrected chi connectivity index (χ3v) is 4.64. The van der Waals surface area contributed by atoms with E-state index in [2.05, 4.69) is 43.9 Å². The second-order valence-electron chi connectivity index (χ2n) is 7.30. The monoisotopic (exact) mass is 350 g/mol. The van der Waals surface area contributed by atoms with E-state index in [0.29, 0.717) is 11.8 Å². The first-order valence-corrected chi connectivity index (χ1v) is 12.2. The van der Waals surface area contributed by atoms with Crippen molar-refractivity contribution in [2.45, 2.75) is 26.6 Å². The maximum absolute atomic E-state index is 12.2. The van der Waals surface area contributed by atoms with Gasteiger partial charge in [0.05, 0.1) is 14.3 Å². The summed E-state index contributed by atoms with van der Waals surface area (Å²) in [5.41, 5.74) is 3.93. The second kappa shape index (κ2) is 8.63. The molecule has 0 fully saturated rings. The molecule has 25 heavy (non-hydrogen) atoms. The number of hydrogen-bond acceptors (Lipinski definition) is 2. The van der Waals surface area contributed by atoms with E-state index in [1.807, 2.05) is 48.6 Å². The highest BCUT2D eigenvalue weighted by Crippen LogP contribution is 2.23. The molecule has 0 unspecified atom stereocenters. The van der Waals surface area contributed by atoms with Crippen LogP contribution in [0.5, 0.6) is 0 Å². The number of hydrogen-bond donors (Lipinski definition) is 0. The molecule has 0 saturated heterocycles. The van der Waals surface area contributed by atoms with Crippen LogP contribution in [0.2, 0.25) is 19.6 Å². The van der Waals surface area contributed by atoms with Gasteiger partial charge in [-0.25, -0.2) is 4.79 Å². The minimum Gasteiger partial charge on any atom is -0.466 e. The van der Waals surface area contributed by atoms with E-state index in [4.69, 9.17) is 4.74 Å². The zero-order valence-electron chi connectivity index (χ0n) is 15.5. The fraction of sp³-hybridized carbons (Fsp3) is 0.227. The summed E-state index contributed by atoms with van der Waals surface area (Å²) in [5.74, 6) is -0.237. The quantitative estimate of drug-likeness (QED) is 0.298. The van der Waals surface area contributed by atoms with Gasteiger partial charge < -0.3 is 4.74 Å². The van der Waals surface area contributed by atoms with Crippen LogP contribution >= 0.6 is 0 Å². The number of benzene rings is 2. The van der Waals surface area contributed by atoms with Gasteiger partial charge in [0.25, 0.3) is 0 Å². The van der Waals surface area contributed by atoms with Gasteiger partial charge >= 0.3 is 5.97 Å². The van der Waals surface area contributed by atoms with Gasteiger partial charge in [-0.2, -0.15) is 0 Å². The molecule has 0 aromatic heterocycles. The molecule has 2 nitrogen and oxygen atoms in total. The average Bonchev–Trinajstić information content (AvgIpc) is 2.61. The van der Waals surface area contributed by atoms with Crippen LogP contribution in [0.4, 0.5) is 0 Å². The Hall–Kier alpha value is -2.39. The van der Waals surface area contributed by atoms with E-state index >= 15 is 0 Å². The largest absolute Gasteiger partial charge is 0.466 e. The summed E-state index contributed by atoms with van der Waals surface area (Å²) < 4.78 is 5.44. The maximum atomic E-state index is 12.2. The first-order valence-electron chi connectivity index (χ1n) is 8.53. The molecule has 2 rings (SSSR count). The fourth-order valence-electron chi connectivity index (χ4n) is 2.27.